The second-order valence-corrected chi connectivity index (χ2v) is 6.08. The van der Waals surface area contributed by atoms with Crippen LogP contribution in [0.5, 0.6) is 17.4 Å². The highest BCUT2D eigenvalue weighted by Gasteiger charge is 2.29. The number of carbonyl (C=O) groups is 1. The molecule has 25 heavy (non-hydrogen) atoms. The van der Waals surface area contributed by atoms with Gasteiger partial charge in [-0.15, -0.1) is 0 Å². The molecular weight excluding hydrogens is 485 g/mol. The van der Waals surface area contributed by atoms with E-state index >= 15 is 0 Å². The predicted octanol–water partition coefficient (Wildman–Crippen LogP) is 3.58. The van der Waals surface area contributed by atoms with E-state index in [0.29, 0.717) is 0 Å². The lowest BCUT2D eigenvalue weighted by Gasteiger charge is -2.13. The molecule has 134 valence electrons. The summed E-state index contributed by atoms with van der Waals surface area (Å²) in [7, 11) is 0. The summed E-state index contributed by atoms with van der Waals surface area (Å²) in [6.07, 6.45) is -3.52. The molecule has 0 radical (unpaired) electrons. The van der Waals surface area contributed by atoms with Crippen LogP contribution in [0, 0.1) is 9.39 Å². The number of rotatable bonds is 5. The minimum Gasteiger partial charge on any atom is -0.545 e. The highest BCUT2D eigenvalue weighted by atomic mass is 127. The van der Waals surface area contributed by atoms with Gasteiger partial charge < -0.3 is 19.4 Å². The molecule has 1 heterocycles. The van der Waals surface area contributed by atoms with Crippen molar-refractivity contribution in [1.29, 1.82) is 0 Å². The van der Waals surface area contributed by atoms with Crippen molar-refractivity contribution in [1.82, 2.24) is 4.98 Å². The molecule has 0 fully saturated rings. The zero-order valence-electron chi connectivity index (χ0n) is 11.9. The van der Waals surface area contributed by atoms with E-state index in [2.05, 4.69) is 9.72 Å². The summed E-state index contributed by atoms with van der Waals surface area (Å²) in [5.74, 6) is -3.25. The Labute approximate surface area is 156 Å². The maximum Gasteiger partial charge on any atom is 0.422 e. The topological polar surface area (TPSA) is 71.5 Å². The number of hydrogen-bond acceptors (Lipinski definition) is 5. The van der Waals surface area contributed by atoms with Gasteiger partial charge in [0.05, 0.1) is 15.7 Å². The molecule has 0 aliphatic heterocycles. The number of aromatic nitrogens is 1. The Balaban J connectivity index is 2.20. The molecule has 0 N–H and O–H groups in total. The lowest BCUT2D eigenvalue weighted by Crippen LogP contribution is -2.23. The van der Waals surface area contributed by atoms with Gasteiger partial charge in [0.25, 0.3) is 0 Å². The van der Waals surface area contributed by atoms with Gasteiger partial charge in [0.1, 0.15) is 22.3 Å². The van der Waals surface area contributed by atoms with Crippen molar-refractivity contribution in [3.8, 4) is 17.4 Å². The summed E-state index contributed by atoms with van der Waals surface area (Å²) in [5, 5.41) is 10.5. The number of hydrogen-bond donors (Lipinski definition) is 0. The van der Waals surface area contributed by atoms with Gasteiger partial charge in [-0.05, 0) is 28.7 Å². The Morgan fingerprint density at radius 2 is 2.00 bits per heavy atom. The van der Waals surface area contributed by atoms with Crippen LogP contribution in [0.3, 0.4) is 0 Å². The Morgan fingerprint density at radius 3 is 2.56 bits per heavy atom. The number of alkyl halides is 3. The number of carboxylic acids is 1. The quantitative estimate of drug-likeness (QED) is 0.473. The fraction of sp³-hybridized carbons (Fsp3) is 0.143. The van der Waals surface area contributed by atoms with E-state index in [9.17, 15) is 27.5 Å². The molecule has 0 unspecified atom stereocenters. The minimum atomic E-state index is -4.55. The molecule has 0 amide bonds. The van der Waals surface area contributed by atoms with Crippen LogP contribution in [-0.4, -0.2) is 23.7 Å². The van der Waals surface area contributed by atoms with Gasteiger partial charge in [-0.25, -0.2) is 9.37 Å². The Morgan fingerprint density at radius 1 is 1.32 bits per heavy atom. The van der Waals surface area contributed by atoms with Gasteiger partial charge in [0.2, 0.25) is 5.88 Å². The first kappa shape index (κ1) is 19.5. The van der Waals surface area contributed by atoms with Crippen LogP contribution in [0.1, 0.15) is 10.4 Å². The highest BCUT2D eigenvalue weighted by Crippen LogP contribution is 2.33. The van der Waals surface area contributed by atoms with E-state index in [1.165, 1.54) is 0 Å². The van der Waals surface area contributed by atoms with Crippen molar-refractivity contribution < 1.29 is 36.9 Å². The third kappa shape index (κ3) is 5.33. The van der Waals surface area contributed by atoms with Crippen molar-refractivity contribution in [3.63, 3.8) is 0 Å². The van der Waals surface area contributed by atoms with Gasteiger partial charge in [-0.3, -0.25) is 0 Å². The van der Waals surface area contributed by atoms with Gasteiger partial charge in [0, 0.05) is 17.7 Å². The first-order valence-electron chi connectivity index (χ1n) is 6.30. The molecule has 2 aromatic rings. The van der Waals surface area contributed by atoms with E-state index < -0.39 is 36.0 Å². The molecule has 0 aliphatic rings. The average molecular weight is 491 g/mol. The third-order valence-corrected chi connectivity index (χ3v) is 3.74. The van der Waals surface area contributed by atoms with Crippen molar-refractivity contribution >= 4 is 40.2 Å². The number of benzene rings is 1. The predicted molar refractivity (Wildman–Crippen MR) is 84.3 cm³/mol. The first-order chi connectivity index (χ1) is 11.6. The molecule has 5 nitrogen and oxygen atoms in total. The Kier molecular flexibility index (Phi) is 5.93. The smallest absolute Gasteiger partial charge is 0.422 e. The SMILES string of the molecule is O=C([O-])c1cc(I)c(Oc2cnc(OCC(F)(F)F)c(Cl)c2)cc1F. The number of carboxylic acid groups (broad SMARTS) is 1. The maximum absolute atomic E-state index is 13.7. The van der Waals surface area contributed by atoms with Crippen molar-refractivity contribution in [2.45, 2.75) is 6.18 Å². The molecule has 1 aromatic carbocycles. The number of carbonyl (C=O) groups excluding carboxylic acids is 1. The van der Waals surface area contributed by atoms with Gasteiger partial charge in [-0.2, -0.15) is 13.2 Å². The normalized spacial score (nSPS) is 11.3. The van der Waals surface area contributed by atoms with E-state index in [4.69, 9.17) is 16.3 Å². The molecule has 0 saturated carbocycles. The number of nitrogens with zero attached hydrogens (tertiary/aromatic N) is 1. The zero-order chi connectivity index (χ0) is 18.8. The molecule has 0 atom stereocenters. The summed E-state index contributed by atoms with van der Waals surface area (Å²) in [5.41, 5.74) is -0.635. The molecular formula is C14H6ClF4INO4-. The summed E-state index contributed by atoms with van der Waals surface area (Å²) in [6.45, 7) is -1.56. The summed E-state index contributed by atoms with van der Waals surface area (Å²) in [6, 6.07) is 2.96. The lowest BCUT2D eigenvalue weighted by atomic mass is 10.2. The largest absolute Gasteiger partial charge is 0.545 e. The standard InChI is InChI=1S/C14H7ClF4INO4/c15-8-1-6(4-21-12(8)24-5-14(17,18)19)25-11-3-9(16)7(13(22)23)2-10(11)20/h1-4H,5H2,(H,22,23)/p-1. The van der Waals surface area contributed by atoms with Gasteiger partial charge in [0.15, 0.2) is 6.61 Å². The van der Waals surface area contributed by atoms with Crippen molar-refractivity contribution in [2.75, 3.05) is 6.61 Å². The third-order valence-electron chi connectivity index (χ3n) is 2.62. The van der Waals surface area contributed by atoms with E-state index in [1.807, 2.05) is 0 Å². The molecule has 1 aromatic heterocycles. The molecule has 2 rings (SSSR count). The van der Waals surface area contributed by atoms with Crippen LogP contribution < -0.4 is 14.6 Å². The van der Waals surface area contributed by atoms with Crippen LogP contribution in [0.25, 0.3) is 0 Å². The number of aromatic carboxylic acids is 1. The van der Waals surface area contributed by atoms with Gasteiger partial charge >= 0.3 is 6.18 Å². The molecule has 0 saturated heterocycles. The zero-order valence-corrected chi connectivity index (χ0v) is 14.8. The first-order valence-corrected chi connectivity index (χ1v) is 7.76. The monoisotopic (exact) mass is 490 g/mol. The van der Waals surface area contributed by atoms with Crippen molar-refractivity contribution in [3.05, 3.63) is 44.4 Å². The molecule has 0 spiro atoms. The second kappa shape index (κ2) is 7.60. The van der Waals surface area contributed by atoms with Gasteiger partial charge in [-0.1, -0.05) is 11.6 Å². The van der Waals surface area contributed by atoms with E-state index in [1.54, 1.807) is 22.6 Å². The minimum absolute atomic E-state index is 0.0112. The van der Waals surface area contributed by atoms with Crippen LogP contribution in [0.4, 0.5) is 17.6 Å². The molecule has 0 aliphatic carbocycles. The summed E-state index contributed by atoms with van der Waals surface area (Å²) < 4.78 is 60.0. The van der Waals surface area contributed by atoms with E-state index in [-0.39, 0.29) is 20.1 Å². The Bertz CT molecular complexity index is 816. The van der Waals surface area contributed by atoms with Crippen LogP contribution in [-0.2, 0) is 0 Å². The molecule has 0 bridgehead atoms. The van der Waals surface area contributed by atoms with Crippen LogP contribution >= 0.6 is 34.2 Å². The fourth-order valence-corrected chi connectivity index (χ4v) is 2.40. The number of halogens is 6. The van der Waals surface area contributed by atoms with E-state index in [0.717, 1.165) is 24.4 Å². The lowest BCUT2D eigenvalue weighted by molar-refractivity contribution is -0.255. The Hall–Kier alpha value is -1.82. The van der Waals surface area contributed by atoms with Crippen LogP contribution in [0.2, 0.25) is 5.02 Å². The van der Waals surface area contributed by atoms with Crippen LogP contribution in [0.15, 0.2) is 24.4 Å². The number of pyridine rings is 1. The van der Waals surface area contributed by atoms with Crippen molar-refractivity contribution in [2.24, 2.45) is 0 Å². The highest BCUT2D eigenvalue weighted by molar-refractivity contribution is 14.1. The molecule has 11 heteroatoms. The number of ether oxygens (including phenoxy) is 2. The summed E-state index contributed by atoms with van der Waals surface area (Å²) in [4.78, 5) is 14.3. The maximum atomic E-state index is 13.7. The second-order valence-electron chi connectivity index (χ2n) is 4.51. The fourth-order valence-electron chi connectivity index (χ4n) is 1.61. The average Bonchev–Trinajstić information content (AvgIpc) is 2.48. The summed E-state index contributed by atoms with van der Waals surface area (Å²) >= 11 is 7.48.